The summed E-state index contributed by atoms with van der Waals surface area (Å²) in [7, 11) is 0. The fourth-order valence-electron chi connectivity index (χ4n) is 2.26. The lowest BCUT2D eigenvalue weighted by Gasteiger charge is -2.06. The van der Waals surface area contributed by atoms with Gasteiger partial charge in [0.1, 0.15) is 0 Å². The maximum absolute atomic E-state index is 12.6. The van der Waals surface area contributed by atoms with Crippen molar-refractivity contribution in [2.24, 2.45) is 4.99 Å². The molecule has 0 fully saturated rings. The van der Waals surface area contributed by atoms with Crippen LogP contribution >= 0.6 is 0 Å². The van der Waals surface area contributed by atoms with Crippen molar-refractivity contribution in [3.8, 4) is 0 Å². The average Bonchev–Trinajstić information content (AvgIpc) is 2.95. The fraction of sp³-hybridized carbons (Fsp3) is 0.111. The Balaban J connectivity index is 1.84. The number of carbonyl (C=O) groups is 1. The van der Waals surface area contributed by atoms with Crippen LogP contribution in [-0.4, -0.2) is 11.9 Å². The second kappa shape index (κ2) is 6.57. The molecule has 0 saturated heterocycles. The first-order valence-corrected chi connectivity index (χ1v) is 7.41. The molecule has 0 aliphatic carbocycles. The fourth-order valence-corrected chi connectivity index (χ4v) is 2.26. The summed E-state index contributed by atoms with van der Waals surface area (Å²) in [5.74, 6) is -1.04. The quantitative estimate of drug-likeness (QED) is 0.411. The zero-order valence-electron chi connectivity index (χ0n) is 13.2. The summed E-state index contributed by atoms with van der Waals surface area (Å²) >= 11 is 0. The maximum Gasteiger partial charge on any atom is 0.416 e. The summed E-state index contributed by atoms with van der Waals surface area (Å²) in [4.78, 5) is 15.7. The molecule has 0 spiro atoms. The lowest BCUT2D eigenvalue weighted by atomic mass is 10.1. The second-order valence-electron chi connectivity index (χ2n) is 5.53. The number of carbonyl (C=O) groups excluding carboxylic acids is 1. The van der Waals surface area contributed by atoms with Gasteiger partial charge in [-0.2, -0.15) is 26.3 Å². The summed E-state index contributed by atoms with van der Waals surface area (Å²) < 4.78 is 80.3. The Morgan fingerprint density at radius 1 is 0.778 bits per heavy atom. The third-order valence-electron chi connectivity index (χ3n) is 3.62. The van der Waals surface area contributed by atoms with Crippen LogP contribution in [0.2, 0.25) is 0 Å². The van der Waals surface area contributed by atoms with E-state index in [4.69, 9.17) is 4.74 Å². The van der Waals surface area contributed by atoms with E-state index in [-0.39, 0.29) is 22.7 Å². The number of aliphatic imine (C=N–C) groups is 1. The number of benzene rings is 2. The molecular formula is C18H9F6NO2. The van der Waals surface area contributed by atoms with E-state index >= 15 is 0 Å². The van der Waals surface area contributed by atoms with E-state index in [1.807, 2.05) is 0 Å². The normalized spacial score (nSPS) is 16.4. The molecule has 0 atom stereocenters. The van der Waals surface area contributed by atoms with Crippen molar-refractivity contribution in [1.29, 1.82) is 0 Å². The molecule has 0 aromatic heterocycles. The molecular weight excluding hydrogens is 376 g/mol. The summed E-state index contributed by atoms with van der Waals surface area (Å²) in [5.41, 5.74) is -1.44. The topological polar surface area (TPSA) is 38.7 Å². The van der Waals surface area contributed by atoms with Gasteiger partial charge in [-0.25, -0.2) is 9.79 Å². The predicted octanol–water partition coefficient (Wildman–Crippen LogP) is 5.07. The summed E-state index contributed by atoms with van der Waals surface area (Å²) in [6, 6.07) is 7.89. The number of cyclic esters (lactones) is 1. The largest absolute Gasteiger partial charge is 0.416 e. The van der Waals surface area contributed by atoms with E-state index in [1.165, 1.54) is 6.08 Å². The van der Waals surface area contributed by atoms with Gasteiger partial charge in [0.15, 0.2) is 5.70 Å². The average molecular weight is 385 g/mol. The Morgan fingerprint density at radius 2 is 1.26 bits per heavy atom. The number of alkyl halides is 6. The summed E-state index contributed by atoms with van der Waals surface area (Å²) in [6.45, 7) is 0. The molecule has 2 aromatic carbocycles. The molecule has 3 rings (SSSR count). The van der Waals surface area contributed by atoms with Crippen molar-refractivity contribution < 1.29 is 35.9 Å². The van der Waals surface area contributed by atoms with Gasteiger partial charge < -0.3 is 4.74 Å². The molecule has 27 heavy (non-hydrogen) atoms. The molecule has 9 heteroatoms. The predicted molar refractivity (Wildman–Crippen MR) is 83.5 cm³/mol. The van der Waals surface area contributed by atoms with Gasteiger partial charge in [0.25, 0.3) is 0 Å². The Labute approximate surface area is 148 Å². The number of nitrogens with zero attached hydrogens (tertiary/aromatic N) is 1. The second-order valence-corrected chi connectivity index (χ2v) is 5.53. The smallest absolute Gasteiger partial charge is 0.402 e. The number of halogens is 6. The minimum absolute atomic E-state index is 0.159. The molecule has 0 saturated carbocycles. The van der Waals surface area contributed by atoms with E-state index in [0.29, 0.717) is 0 Å². The Hall–Kier alpha value is -3.10. The molecule has 1 heterocycles. The van der Waals surface area contributed by atoms with Crippen LogP contribution in [0.5, 0.6) is 0 Å². The third kappa shape index (κ3) is 4.18. The monoisotopic (exact) mass is 385 g/mol. The van der Waals surface area contributed by atoms with E-state index in [1.54, 1.807) is 0 Å². The Kier molecular flexibility index (Phi) is 4.54. The van der Waals surface area contributed by atoms with Crippen LogP contribution in [0.15, 0.2) is 59.2 Å². The lowest BCUT2D eigenvalue weighted by molar-refractivity contribution is -0.138. The van der Waals surface area contributed by atoms with E-state index in [9.17, 15) is 31.1 Å². The molecule has 0 N–H and O–H groups in total. The van der Waals surface area contributed by atoms with Crippen LogP contribution in [0.1, 0.15) is 22.3 Å². The standard InChI is InChI=1S/C18H9F6NO2/c19-17(20,21)12-5-1-10(2-6-12)9-14-16(26)27-15(25-14)11-3-7-13(8-4-11)18(22,23)24/h1-9H/b14-9-. The van der Waals surface area contributed by atoms with Gasteiger partial charge >= 0.3 is 18.3 Å². The molecule has 1 aliphatic rings. The van der Waals surface area contributed by atoms with Gasteiger partial charge in [-0.05, 0) is 48.0 Å². The SMILES string of the molecule is O=C1OC(c2ccc(C(F)(F)F)cc2)=N/C1=C\c1ccc(C(F)(F)F)cc1. The molecule has 0 bridgehead atoms. The first-order valence-electron chi connectivity index (χ1n) is 7.41. The molecule has 0 unspecified atom stereocenters. The van der Waals surface area contributed by atoms with E-state index in [0.717, 1.165) is 48.5 Å². The first kappa shape index (κ1) is 18.7. The number of hydrogen-bond donors (Lipinski definition) is 0. The minimum Gasteiger partial charge on any atom is -0.402 e. The Morgan fingerprint density at radius 3 is 1.74 bits per heavy atom. The van der Waals surface area contributed by atoms with Crippen LogP contribution < -0.4 is 0 Å². The molecule has 0 amide bonds. The zero-order valence-corrected chi connectivity index (χ0v) is 13.2. The highest BCUT2D eigenvalue weighted by Crippen LogP contribution is 2.31. The summed E-state index contributed by atoms with van der Waals surface area (Å²) in [6.07, 6.45) is -7.76. The van der Waals surface area contributed by atoms with E-state index in [2.05, 4.69) is 4.99 Å². The molecule has 1 aliphatic heterocycles. The van der Waals surface area contributed by atoms with Gasteiger partial charge in [0, 0.05) is 5.56 Å². The number of rotatable bonds is 2. The maximum atomic E-state index is 12.6. The molecule has 0 radical (unpaired) electrons. The number of ether oxygens (including phenoxy) is 1. The van der Waals surface area contributed by atoms with Crippen molar-refractivity contribution in [3.05, 3.63) is 76.5 Å². The van der Waals surface area contributed by atoms with Gasteiger partial charge in [-0.3, -0.25) is 0 Å². The van der Waals surface area contributed by atoms with Crippen LogP contribution in [0, 0.1) is 0 Å². The van der Waals surface area contributed by atoms with Gasteiger partial charge in [-0.1, -0.05) is 12.1 Å². The van der Waals surface area contributed by atoms with Crippen LogP contribution in [0.3, 0.4) is 0 Å². The highest BCUT2D eigenvalue weighted by atomic mass is 19.4. The Bertz CT molecular complexity index is 922. The van der Waals surface area contributed by atoms with E-state index < -0.39 is 29.4 Å². The van der Waals surface area contributed by atoms with Gasteiger partial charge in [0.05, 0.1) is 11.1 Å². The van der Waals surface area contributed by atoms with Crippen LogP contribution in [0.4, 0.5) is 26.3 Å². The van der Waals surface area contributed by atoms with Crippen LogP contribution in [0.25, 0.3) is 6.08 Å². The highest BCUT2D eigenvalue weighted by Gasteiger charge is 2.31. The van der Waals surface area contributed by atoms with Crippen molar-refractivity contribution in [2.75, 3.05) is 0 Å². The van der Waals surface area contributed by atoms with Crippen LogP contribution in [-0.2, 0) is 21.9 Å². The van der Waals surface area contributed by atoms with Crippen molar-refractivity contribution in [3.63, 3.8) is 0 Å². The molecule has 3 nitrogen and oxygen atoms in total. The highest BCUT2D eigenvalue weighted by molar-refractivity contribution is 6.12. The van der Waals surface area contributed by atoms with Crippen molar-refractivity contribution >= 4 is 17.9 Å². The van der Waals surface area contributed by atoms with Gasteiger partial charge in [-0.15, -0.1) is 0 Å². The van der Waals surface area contributed by atoms with Crippen molar-refractivity contribution in [2.45, 2.75) is 12.4 Å². The number of hydrogen-bond acceptors (Lipinski definition) is 3. The lowest BCUT2D eigenvalue weighted by Crippen LogP contribution is -2.08. The molecule has 2 aromatic rings. The summed E-state index contributed by atoms with van der Waals surface area (Å²) in [5, 5.41) is 0. The number of esters is 1. The van der Waals surface area contributed by atoms with Crippen molar-refractivity contribution in [1.82, 2.24) is 0 Å². The first-order chi connectivity index (χ1) is 12.5. The zero-order chi connectivity index (χ0) is 19.8. The van der Waals surface area contributed by atoms with Gasteiger partial charge in [0.2, 0.25) is 5.90 Å². The minimum atomic E-state index is -4.50. The third-order valence-corrected chi connectivity index (χ3v) is 3.62. The molecule has 140 valence electrons.